The van der Waals surface area contributed by atoms with E-state index in [4.69, 9.17) is 5.73 Å². The number of amidine groups is 1. The molecule has 1 aliphatic rings. The lowest BCUT2D eigenvalue weighted by atomic mass is 10.1. The van der Waals surface area contributed by atoms with Crippen LogP contribution in [0.1, 0.15) is 31.9 Å². The first-order valence-corrected chi connectivity index (χ1v) is 12.2. The fourth-order valence-corrected chi connectivity index (χ4v) is 5.26. The van der Waals surface area contributed by atoms with Crippen LogP contribution in [0, 0.1) is 0 Å². The fraction of sp³-hybridized carbons (Fsp3) is 0.296. The summed E-state index contributed by atoms with van der Waals surface area (Å²) in [4.78, 5) is 12.2. The minimum Gasteiger partial charge on any atom is -0.383 e. The number of anilines is 2. The standard InChI is InChI=1S/C27H32N4S.2ClH/c1-4-30(5-2)19-20(3)31-23-13-9-10-14-25(23)32-26-16-15-22(17-24(26)31)27(28)29-18-21-11-7-6-8-12-21;;/h6-17,20H,4-5,18-19H2,1-3H3,(H2,28,29);2*1H/t20-;;/m1../s1. The van der Waals surface area contributed by atoms with Gasteiger partial charge in [-0.25, -0.2) is 0 Å². The normalized spacial score (nSPS) is 13.4. The summed E-state index contributed by atoms with van der Waals surface area (Å²) in [6.45, 7) is 10.5. The van der Waals surface area contributed by atoms with Gasteiger partial charge in [-0.2, -0.15) is 0 Å². The molecular formula is C27H34Cl2N4S. The van der Waals surface area contributed by atoms with Gasteiger partial charge in [0.15, 0.2) is 0 Å². The molecule has 1 atom stereocenters. The number of rotatable bonds is 8. The van der Waals surface area contributed by atoms with Gasteiger partial charge in [-0.3, -0.25) is 4.99 Å². The van der Waals surface area contributed by atoms with Crippen LogP contribution in [-0.2, 0) is 6.54 Å². The predicted molar refractivity (Wildman–Crippen MR) is 152 cm³/mol. The molecule has 0 fully saturated rings. The average Bonchev–Trinajstić information content (AvgIpc) is 2.84. The molecule has 0 amide bonds. The third-order valence-corrected chi connectivity index (χ3v) is 7.12. The van der Waals surface area contributed by atoms with Crippen LogP contribution in [0.2, 0.25) is 0 Å². The summed E-state index contributed by atoms with van der Waals surface area (Å²) in [5.74, 6) is 0.580. The Kier molecular flexibility index (Phi) is 10.8. The van der Waals surface area contributed by atoms with Crippen molar-refractivity contribution in [2.45, 2.75) is 43.1 Å². The number of aliphatic imine (C=N–C) groups is 1. The highest BCUT2D eigenvalue weighted by Crippen LogP contribution is 2.49. The number of hydrogen-bond donors (Lipinski definition) is 1. The van der Waals surface area contributed by atoms with Crippen molar-refractivity contribution in [1.82, 2.24) is 4.90 Å². The molecule has 4 rings (SSSR count). The van der Waals surface area contributed by atoms with Gasteiger partial charge in [0.1, 0.15) is 5.84 Å². The Hall–Kier alpha value is -2.18. The van der Waals surface area contributed by atoms with Crippen LogP contribution in [0.5, 0.6) is 0 Å². The van der Waals surface area contributed by atoms with Crippen molar-refractivity contribution in [3.63, 3.8) is 0 Å². The third kappa shape index (κ3) is 6.28. The summed E-state index contributed by atoms with van der Waals surface area (Å²) < 4.78 is 0. The van der Waals surface area contributed by atoms with Crippen molar-refractivity contribution in [1.29, 1.82) is 0 Å². The second-order valence-corrected chi connectivity index (χ2v) is 9.23. The van der Waals surface area contributed by atoms with Crippen LogP contribution in [0.3, 0.4) is 0 Å². The molecule has 3 aromatic carbocycles. The molecule has 0 bridgehead atoms. The van der Waals surface area contributed by atoms with Gasteiger partial charge in [0.2, 0.25) is 0 Å². The van der Waals surface area contributed by atoms with Crippen LogP contribution in [-0.4, -0.2) is 36.4 Å². The summed E-state index contributed by atoms with van der Waals surface area (Å²) in [6.07, 6.45) is 0. The highest BCUT2D eigenvalue weighted by molar-refractivity contribution is 7.99. The summed E-state index contributed by atoms with van der Waals surface area (Å²) >= 11 is 1.83. The van der Waals surface area contributed by atoms with E-state index in [1.54, 1.807) is 0 Å². The molecule has 0 spiro atoms. The van der Waals surface area contributed by atoms with Crippen LogP contribution >= 0.6 is 36.6 Å². The van der Waals surface area contributed by atoms with Gasteiger partial charge < -0.3 is 15.5 Å². The van der Waals surface area contributed by atoms with Gasteiger partial charge in [0, 0.05) is 27.9 Å². The first kappa shape index (κ1) is 28.1. The molecule has 0 radical (unpaired) electrons. The zero-order valence-electron chi connectivity index (χ0n) is 20.0. The van der Waals surface area contributed by atoms with E-state index in [1.165, 1.54) is 21.2 Å². The van der Waals surface area contributed by atoms with E-state index in [2.05, 4.69) is 90.2 Å². The summed E-state index contributed by atoms with van der Waals surface area (Å²) in [6, 6.07) is 25.7. The Labute approximate surface area is 220 Å². The number of nitrogens with two attached hydrogens (primary N) is 1. The van der Waals surface area contributed by atoms with Crippen molar-refractivity contribution >= 4 is 53.8 Å². The molecule has 3 aromatic rings. The maximum Gasteiger partial charge on any atom is 0.126 e. The van der Waals surface area contributed by atoms with E-state index in [-0.39, 0.29) is 24.8 Å². The molecule has 0 saturated heterocycles. The molecule has 182 valence electrons. The van der Waals surface area contributed by atoms with Gasteiger partial charge in [-0.1, -0.05) is 74.1 Å². The van der Waals surface area contributed by atoms with E-state index in [0.717, 1.165) is 30.8 Å². The lowest BCUT2D eigenvalue weighted by molar-refractivity contribution is 0.288. The molecule has 0 aliphatic carbocycles. The number of para-hydroxylation sites is 1. The molecule has 1 aliphatic heterocycles. The SMILES string of the molecule is CCN(CC)C[C@@H](C)N1c2ccccc2Sc2ccc(C(N)=NCc3ccccc3)cc21.Cl.Cl. The van der Waals surface area contributed by atoms with E-state index in [1.807, 2.05) is 30.0 Å². The Bertz CT molecular complexity index is 1090. The van der Waals surface area contributed by atoms with Crippen LogP contribution in [0.25, 0.3) is 0 Å². The molecular weight excluding hydrogens is 483 g/mol. The molecule has 4 nitrogen and oxygen atoms in total. The zero-order valence-corrected chi connectivity index (χ0v) is 22.4. The molecule has 0 unspecified atom stereocenters. The summed E-state index contributed by atoms with van der Waals surface area (Å²) in [7, 11) is 0. The van der Waals surface area contributed by atoms with Gasteiger partial charge in [-0.15, -0.1) is 24.8 Å². The Morgan fingerprint density at radius 3 is 2.26 bits per heavy atom. The minimum atomic E-state index is 0. The van der Waals surface area contributed by atoms with Gasteiger partial charge >= 0.3 is 0 Å². The molecule has 0 saturated carbocycles. The van der Waals surface area contributed by atoms with E-state index in [0.29, 0.717) is 18.4 Å². The number of nitrogens with zero attached hydrogens (tertiary/aromatic N) is 3. The van der Waals surface area contributed by atoms with Crippen molar-refractivity contribution in [3.05, 3.63) is 83.9 Å². The van der Waals surface area contributed by atoms with Crippen molar-refractivity contribution in [2.24, 2.45) is 10.7 Å². The molecule has 0 aromatic heterocycles. The zero-order chi connectivity index (χ0) is 22.5. The largest absolute Gasteiger partial charge is 0.383 e. The molecule has 2 N–H and O–H groups in total. The maximum absolute atomic E-state index is 6.43. The summed E-state index contributed by atoms with van der Waals surface area (Å²) in [5, 5.41) is 0. The van der Waals surface area contributed by atoms with Crippen LogP contribution in [0.15, 0.2) is 87.6 Å². The first-order valence-electron chi connectivity index (χ1n) is 11.4. The lowest BCUT2D eigenvalue weighted by Crippen LogP contribution is -2.41. The van der Waals surface area contributed by atoms with Crippen molar-refractivity contribution in [3.8, 4) is 0 Å². The number of benzene rings is 3. The Balaban J connectivity index is 0.00000204. The monoisotopic (exact) mass is 516 g/mol. The third-order valence-electron chi connectivity index (χ3n) is 5.99. The molecule has 1 heterocycles. The minimum absolute atomic E-state index is 0. The van der Waals surface area contributed by atoms with Crippen molar-refractivity contribution < 1.29 is 0 Å². The van der Waals surface area contributed by atoms with Crippen LogP contribution < -0.4 is 10.6 Å². The molecule has 34 heavy (non-hydrogen) atoms. The smallest absolute Gasteiger partial charge is 0.126 e. The first-order chi connectivity index (χ1) is 15.6. The highest BCUT2D eigenvalue weighted by Gasteiger charge is 2.28. The molecule has 7 heteroatoms. The maximum atomic E-state index is 6.43. The van der Waals surface area contributed by atoms with Crippen molar-refractivity contribution in [2.75, 3.05) is 24.5 Å². The van der Waals surface area contributed by atoms with E-state index in [9.17, 15) is 0 Å². The fourth-order valence-electron chi connectivity index (χ4n) is 4.21. The number of hydrogen-bond acceptors (Lipinski definition) is 4. The summed E-state index contributed by atoms with van der Waals surface area (Å²) in [5.41, 5.74) is 11.0. The lowest BCUT2D eigenvalue weighted by Gasteiger charge is -2.39. The topological polar surface area (TPSA) is 44.9 Å². The van der Waals surface area contributed by atoms with Gasteiger partial charge in [-0.05, 0) is 49.8 Å². The second-order valence-electron chi connectivity index (χ2n) is 8.14. The van der Waals surface area contributed by atoms with Gasteiger partial charge in [0.25, 0.3) is 0 Å². The van der Waals surface area contributed by atoms with Gasteiger partial charge in [0.05, 0.1) is 17.9 Å². The van der Waals surface area contributed by atoms with Crippen LogP contribution in [0.4, 0.5) is 11.4 Å². The number of halogens is 2. The predicted octanol–water partition coefficient (Wildman–Crippen LogP) is 6.77. The van der Waals surface area contributed by atoms with E-state index < -0.39 is 0 Å². The number of fused-ring (bicyclic) bond motifs is 2. The Morgan fingerprint density at radius 1 is 0.912 bits per heavy atom. The highest BCUT2D eigenvalue weighted by atomic mass is 35.5. The quantitative estimate of drug-likeness (QED) is 0.265. The number of likely N-dealkylation sites (N-methyl/N-ethyl adjacent to an activating group) is 1. The van der Waals surface area contributed by atoms with E-state index >= 15 is 0 Å². The Morgan fingerprint density at radius 2 is 1.56 bits per heavy atom. The average molecular weight is 518 g/mol. The second kappa shape index (κ2) is 13.1.